The van der Waals surface area contributed by atoms with Crippen molar-refractivity contribution in [3.05, 3.63) is 25.3 Å². The minimum absolute atomic E-state index is 0.0906. The lowest BCUT2D eigenvalue weighted by Gasteiger charge is -2.22. The summed E-state index contributed by atoms with van der Waals surface area (Å²) in [5.41, 5.74) is -0.305. The predicted octanol–water partition coefficient (Wildman–Crippen LogP) is 2.11. The van der Waals surface area contributed by atoms with Gasteiger partial charge in [0, 0.05) is 0 Å². The highest BCUT2D eigenvalue weighted by Crippen LogP contribution is 2.14. The molecule has 0 aromatic heterocycles. The first-order chi connectivity index (χ1) is 5.52. The van der Waals surface area contributed by atoms with Crippen LogP contribution in [0.25, 0.3) is 0 Å². The Labute approximate surface area is 73.9 Å². The van der Waals surface area contributed by atoms with Gasteiger partial charge in [-0.15, -0.1) is 6.58 Å². The Balaban J connectivity index is 3.81. The lowest BCUT2D eigenvalue weighted by molar-refractivity contribution is -0.124. The monoisotopic (exact) mass is 168 g/mol. The molecule has 0 aliphatic heterocycles. The first-order valence-electron chi connectivity index (χ1n) is 3.92. The van der Waals surface area contributed by atoms with Gasteiger partial charge in [0.2, 0.25) is 0 Å². The largest absolute Gasteiger partial charge is 0.367 e. The third kappa shape index (κ3) is 4.85. The van der Waals surface area contributed by atoms with Crippen LogP contribution in [0.5, 0.6) is 0 Å². The van der Waals surface area contributed by atoms with Crippen LogP contribution in [-0.2, 0) is 9.53 Å². The van der Waals surface area contributed by atoms with Gasteiger partial charge in [-0.3, -0.25) is 4.79 Å². The molecule has 68 valence electrons. The zero-order valence-electron chi connectivity index (χ0n) is 7.80. The first kappa shape index (κ1) is 11.1. The van der Waals surface area contributed by atoms with E-state index in [0.717, 1.165) is 6.42 Å². The summed E-state index contributed by atoms with van der Waals surface area (Å²) in [4.78, 5) is 10.8. The fraction of sp³-hybridized carbons (Fsp3) is 0.500. The van der Waals surface area contributed by atoms with Crippen LogP contribution in [0, 0.1) is 0 Å². The lowest BCUT2D eigenvalue weighted by atomic mass is 10.1. The van der Waals surface area contributed by atoms with Gasteiger partial charge < -0.3 is 4.74 Å². The summed E-state index contributed by atoms with van der Waals surface area (Å²) in [5, 5.41) is 0. The van der Waals surface area contributed by atoms with Crippen molar-refractivity contribution in [3.8, 4) is 0 Å². The first-order valence-corrected chi connectivity index (χ1v) is 3.92. The van der Waals surface area contributed by atoms with Crippen LogP contribution in [0.3, 0.4) is 0 Å². The number of rotatable bonds is 6. The maximum atomic E-state index is 10.8. The summed E-state index contributed by atoms with van der Waals surface area (Å²) in [5.74, 6) is -0.0906. The van der Waals surface area contributed by atoms with Crippen LogP contribution in [-0.4, -0.2) is 18.0 Å². The molecule has 0 spiro atoms. The zero-order valence-corrected chi connectivity index (χ0v) is 7.80. The van der Waals surface area contributed by atoms with Gasteiger partial charge in [-0.25, -0.2) is 0 Å². The molecule has 0 heterocycles. The van der Waals surface area contributed by atoms with Gasteiger partial charge in [-0.05, 0) is 26.3 Å². The summed E-state index contributed by atoms with van der Waals surface area (Å²) in [7, 11) is 0. The molecule has 0 aliphatic rings. The average Bonchev–Trinajstić information content (AvgIpc) is 2.00. The van der Waals surface area contributed by atoms with Gasteiger partial charge in [0.25, 0.3) is 0 Å². The molecule has 0 fully saturated rings. The normalized spacial score (nSPS) is 10.8. The number of ether oxygens (including phenoxy) is 1. The molecule has 0 radical (unpaired) electrons. The third-order valence-electron chi connectivity index (χ3n) is 1.47. The molecular formula is C10H16O2. The van der Waals surface area contributed by atoms with Crippen LogP contribution in [0.15, 0.2) is 25.3 Å². The molecule has 2 heteroatoms. The Hall–Kier alpha value is -0.890. The number of hydrogen-bond donors (Lipinski definition) is 0. The van der Waals surface area contributed by atoms with Crippen molar-refractivity contribution in [1.82, 2.24) is 0 Å². The van der Waals surface area contributed by atoms with E-state index in [0.29, 0.717) is 0 Å². The number of hydrogen-bond acceptors (Lipinski definition) is 2. The number of ketones is 1. The Bertz CT molecular complexity index is 180. The number of carbonyl (C=O) groups is 1. The van der Waals surface area contributed by atoms with E-state index >= 15 is 0 Å². The van der Waals surface area contributed by atoms with Crippen LogP contribution in [0.4, 0.5) is 0 Å². The lowest BCUT2D eigenvalue weighted by Crippen LogP contribution is -2.26. The van der Waals surface area contributed by atoms with Crippen molar-refractivity contribution in [2.24, 2.45) is 0 Å². The predicted molar refractivity (Wildman–Crippen MR) is 50.0 cm³/mol. The quantitative estimate of drug-likeness (QED) is 0.448. The molecule has 0 bridgehead atoms. The molecule has 0 saturated heterocycles. The van der Waals surface area contributed by atoms with Crippen LogP contribution < -0.4 is 0 Å². The van der Waals surface area contributed by atoms with E-state index in [-0.39, 0.29) is 18.0 Å². The average molecular weight is 168 g/mol. The molecular weight excluding hydrogens is 152 g/mol. The summed E-state index contributed by atoms with van der Waals surface area (Å²) < 4.78 is 5.33. The van der Waals surface area contributed by atoms with Gasteiger partial charge in [0.1, 0.15) is 6.61 Å². The summed E-state index contributed by atoms with van der Waals surface area (Å²) in [6.45, 7) is 10.9. The Morgan fingerprint density at radius 3 is 2.50 bits per heavy atom. The van der Waals surface area contributed by atoms with Crippen LogP contribution >= 0.6 is 0 Å². The minimum atomic E-state index is -0.305. The van der Waals surface area contributed by atoms with E-state index in [1.54, 1.807) is 6.08 Å². The molecule has 0 amide bonds. The molecule has 0 saturated carbocycles. The Morgan fingerprint density at radius 1 is 1.50 bits per heavy atom. The maximum absolute atomic E-state index is 10.8. The topological polar surface area (TPSA) is 26.3 Å². The molecule has 0 aromatic rings. The van der Waals surface area contributed by atoms with Gasteiger partial charge >= 0.3 is 0 Å². The fourth-order valence-electron chi connectivity index (χ4n) is 0.732. The van der Waals surface area contributed by atoms with Gasteiger partial charge in [0.05, 0.1) is 5.60 Å². The highest BCUT2D eigenvalue weighted by atomic mass is 16.5. The SMILES string of the molecule is C=CCC(C)(C)OCC(=O)C=C. The molecule has 0 rings (SSSR count). The highest BCUT2D eigenvalue weighted by Gasteiger charge is 2.16. The van der Waals surface area contributed by atoms with E-state index < -0.39 is 0 Å². The third-order valence-corrected chi connectivity index (χ3v) is 1.47. The van der Waals surface area contributed by atoms with Crippen LogP contribution in [0.1, 0.15) is 20.3 Å². The van der Waals surface area contributed by atoms with Crippen molar-refractivity contribution in [3.63, 3.8) is 0 Å². The van der Waals surface area contributed by atoms with Gasteiger partial charge in [-0.2, -0.15) is 0 Å². The van der Waals surface area contributed by atoms with Crippen molar-refractivity contribution in [1.29, 1.82) is 0 Å². The highest BCUT2D eigenvalue weighted by molar-refractivity contribution is 5.90. The zero-order chi connectivity index (χ0) is 9.61. The maximum Gasteiger partial charge on any atom is 0.180 e. The van der Waals surface area contributed by atoms with Gasteiger partial charge in [-0.1, -0.05) is 12.7 Å². The smallest absolute Gasteiger partial charge is 0.180 e. The summed E-state index contributed by atoms with van der Waals surface area (Å²) in [6, 6.07) is 0. The second-order valence-corrected chi connectivity index (χ2v) is 3.21. The summed E-state index contributed by atoms with van der Waals surface area (Å²) >= 11 is 0. The van der Waals surface area contributed by atoms with E-state index in [1.807, 2.05) is 13.8 Å². The molecule has 2 nitrogen and oxygen atoms in total. The van der Waals surface area contributed by atoms with E-state index in [4.69, 9.17) is 4.74 Å². The number of carbonyl (C=O) groups excluding carboxylic acids is 1. The molecule has 12 heavy (non-hydrogen) atoms. The second kappa shape index (κ2) is 4.88. The van der Waals surface area contributed by atoms with E-state index in [1.165, 1.54) is 6.08 Å². The van der Waals surface area contributed by atoms with E-state index in [2.05, 4.69) is 13.2 Å². The van der Waals surface area contributed by atoms with Crippen molar-refractivity contribution in [2.75, 3.05) is 6.61 Å². The Morgan fingerprint density at radius 2 is 2.08 bits per heavy atom. The fourth-order valence-corrected chi connectivity index (χ4v) is 0.732. The van der Waals surface area contributed by atoms with Crippen molar-refractivity contribution < 1.29 is 9.53 Å². The molecule has 0 atom stereocenters. The van der Waals surface area contributed by atoms with Crippen LogP contribution in [0.2, 0.25) is 0 Å². The minimum Gasteiger partial charge on any atom is -0.367 e. The van der Waals surface area contributed by atoms with E-state index in [9.17, 15) is 4.79 Å². The van der Waals surface area contributed by atoms with Gasteiger partial charge in [0.15, 0.2) is 5.78 Å². The summed E-state index contributed by atoms with van der Waals surface area (Å²) in [6.07, 6.45) is 3.78. The van der Waals surface area contributed by atoms with Crippen molar-refractivity contribution in [2.45, 2.75) is 25.9 Å². The Kier molecular flexibility index (Phi) is 4.52. The molecule has 0 unspecified atom stereocenters. The molecule has 0 N–H and O–H groups in total. The van der Waals surface area contributed by atoms with Crippen molar-refractivity contribution >= 4 is 5.78 Å². The molecule has 0 aliphatic carbocycles. The standard InChI is InChI=1S/C10H16O2/c1-5-7-10(3,4)12-8-9(11)6-2/h5-6H,1-2,7-8H2,3-4H3. The molecule has 0 aromatic carbocycles. The second-order valence-electron chi connectivity index (χ2n) is 3.21.